The van der Waals surface area contributed by atoms with E-state index < -0.39 is 0 Å². The van der Waals surface area contributed by atoms with Gasteiger partial charge in [0.15, 0.2) is 0 Å². The molecule has 1 amide bonds. The molecule has 3 heteroatoms. The number of hydrogen-bond acceptors (Lipinski definition) is 2. The highest BCUT2D eigenvalue weighted by molar-refractivity contribution is 5.92. The zero-order chi connectivity index (χ0) is 15.5. The fourth-order valence-corrected chi connectivity index (χ4v) is 2.38. The maximum atomic E-state index is 12.3. The Kier molecular flexibility index (Phi) is 8.76. The van der Waals surface area contributed by atoms with Gasteiger partial charge in [0.1, 0.15) is 0 Å². The molecular formula is C18H30N2O. The van der Waals surface area contributed by atoms with E-state index in [4.69, 9.17) is 0 Å². The van der Waals surface area contributed by atoms with Gasteiger partial charge in [0, 0.05) is 18.2 Å². The minimum absolute atomic E-state index is 0.131. The molecule has 2 N–H and O–H groups in total. The van der Waals surface area contributed by atoms with Crippen LogP contribution in [-0.2, 0) is 11.3 Å². The molecule has 0 fully saturated rings. The molecule has 1 aromatic carbocycles. The highest BCUT2D eigenvalue weighted by Gasteiger charge is 2.15. The molecule has 0 radical (unpaired) electrons. The quantitative estimate of drug-likeness (QED) is 0.629. The number of carbonyl (C=O) groups excluding carboxylic acids is 1. The van der Waals surface area contributed by atoms with Gasteiger partial charge in [0.2, 0.25) is 5.91 Å². The number of rotatable bonds is 10. The normalized spacial score (nSPS) is 12.1. The van der Waals surface area contributed by atoms with Crippen LogP contribution in [0.5, 0.6) is 0 Å². The number of anilines is 1. The van der Waals surface area contributed by atoms with Crippen LogP contribution in [0.15, 0.2) is 24.3 Å². The van der Waals surface area contributed by atoms with Gasteiger partial charge in [0.05, 0.1) is 0 Å². The van der Waals surface area contributed by atoms with Crippen molar-refractivity contribution in [2.75, 3.05) is 11.9 Å². The molecule has 0 saturated carbocycles. The standard InChI is InChI=1S/C18H30N2O/c1-4-7-10-16(6-3)18(21)20-17-11-8-9-15(13-17)14-19-12-5-2/h8-9,11,13,16,19H,4-7,10,12,14H2,1-3H3,(H,20,21). The molecular weight excluding hydrogens is 260 g/mol. The highest BCUT2D eigenvalue weighted by Crippen LogP contribution is 2.17. The van der Waals surface area contributed by atoms with Crippen LogP contribution in [0.25, 0.3) is 0 Å². The molecule has 0 spiro atoms. The van der Waals surface area contributed by atoms with E-state index >= 15 is 0 Å². The van der Waals surface area contributed by atoms with E-state index in [1.165, 1.54) is 5.56 Å². The van der Waals surface area contributed by atoms with E-state index in [-0.39, 0.29) is 11.8 Å². The Morgan fingerprint density at radius 3 is 2.67 bits per heavy atom. The third-order valence-corrected chi connectivity index (χ3v) is 3.72. The Labute approximate surface area is 129 Å². The van der Waals surface area contributed by atoms with Crippen LogP contribution in [0.1, 0.15) is 58.4 Å². The number of carbonyl (C=O) groups is 1. The molecule has 3 nitrogen and oxygen atoms in total. The summed E-state index contributed by atoms with van der Waals surface area (Å²) in [5.74, 6) is 0.288. The van der Waals surface area contributed by atoms with Crippen LogP contribution >= 0.6 is 0 Å². The fourth-order valence-electron chi connectivity index (χ4n) is 2.38. The first kappa shape index (κ1) is 17.7. The van der Waals surface area contributed by atoms with Gasteiger partial charge in [-0.05, 0) is 43.5 Å². The summed E-state index contributed by atoms with van der Waals surface area (Å²) in [4.78, 5) is 12.3. The molecule has 1 unspecified atom stereocenters. The van der Waals surface area contributed by atoms with E-state index in [0.717, 1.165) is 50.9 Å². The number of unbranched alkanes of at least 4 members (excludes halogenated alkanes) is 1. The predicted octanol–water partition coefficient (Wildman–Crippen LogP) is 4.34. The average Bonchev–Trinajstić information content (AvgIpc) is 2.49. The predicted molar refractivity (Wildman–Crippen MR) is 90.4 cm³/mol. The van der Waals surface area contributed by atoms with Crippen molar-refractivity contribution in [1.82, 2.24) is 5.32 Å². The molecule has 0 aliphatic carbocycles. The molecule has 0 aliphatic heterocycles. The van der Waals surface area contributed by atoms with Gasteiger partial charge < -0.3 is 10.6 Å². The van der Waals surface area contributed by atoms with Crippen LogP contribution < -0.4 is 10.6 Å². The van der Waals surface area contributed by atoms with Crippen molar-refractivity contribution < 1.29 is 4.79 Å². The first-order chi connectivity index (χ1) is 10.2. The van der Waals surface area contributed by atoms with Gasteiger partial charge in [-0.25, -0.2) is 0 Å². The fraction of sp³-hybridized carbons (Fsp3) is 0.611. The van der Waals surface area contributed by atoms with Crippen LogP contribution in [0.4, 0.5) is 5.69 Å². The second-order valence-corrected chi connectivity index (χ2v) is 5.61. The van der Waals surface area contributed by atoms with E-state index in [2.05, 4.69) is 43.5 Å². The Morgan fingerprint density at radius 1 is 1.19 bits per heavy atom. The largest absolute Gasteiger partial charge is 0.326 e. The lowest BCUT2D eigenvalue weighted by Crippen LogP contribution is -2.22. The van der Waals surface area contributed by atoms with Gasteiger partial charge in [-0.15, -0.1) is 0 Å². The lowest BCUT2D eigenvalue weighted by molar-refractivity contribution is -0.120. The molecule has 0 bridgehead atoms. The maximum Gasteiger partial charge on any atom is 0.227 e. The summed E-state index contributed by atoms with van der Waals surface area (Å²) in [5, 5.41) is 6.45. The van der Waals surface area contributed by atoms with Crippen molar-refractivity contribution >= 4 is 11.6 Å². The molecule has 118 valence electrons. The monoisotopic (exact) mass is 290 g/mol. The molecule has 0 aromatic heterocycles. The summed E-state index contributed by atoms with van der Waals surface area (Å²) < 4.78 is 0. The van der Waals surface area contributed by atoms with Gasteiger partial charge in [-0.2, -0.15) is 0 Å². The molecule has 0 aliphatic rings. The van der Waals surface area contributed by atoms with Crippen molar-refractivity contribution in [1.29, 1.82) is 0 Å². The zero-order valence-electron chi connectivity index (χ0n) is 13.7. The van der Waals surface area contributed by atoms with Gasteiger partial charge in [-0.3, -0.25) is 4.79 Å². The van der Waals surface area contributed by atoms with E-state index in [0.29, 0.717) is 0 Å². The zero-order valence-corrected chi connectivity index (χ0v) is 13.7. The van der Waals surface area contributed by atoms with Crippen LogP contribution in [0.3, 0.4) is 0 Å². The first-order valence-corrected chi connectivity index (χ1v) is 8.31. The number of hydrogen-bond donors (Lipinski definition) is 2. The Bertz CT molecular complexity index is 417. The maximum absolute atomic E-state index is 12.3. The van der Waals surface area contributed by atoms with Crippen molar-refractivity contribution in [3.05, 3.63) is 29.8 Å². The van der Waals surface area contributed by atoms with Crippen LogP contribution in [0.2, 0.25) is 0 Å². The Hall–Kier alpha value is -1.35. The van der Waals surface area contributed by atoms with Gasteiger partial charge in [0.25, 0.3) is 0 Å². The average molecular weight is 290 g/mol. The molecule has 0 saturated heterocycles. The van der Waals surface area contributed by atoms with Crippen molar-refractivity contribution in [3.63, 3.8) is 0 Å². The van der Waals surface area contributed by atoms with Gasteiger partial charge >= 0.3 is 0 Å². The summed E-state index contributed by atoms with van der Waals surface area (Å²) in [6.45, 7) is 8.28. The number of nitrogens with one attached hydrogen (secondary N) is 2. The summed E-state index contributed by atoms with van der Waals surface area (Å²) in [6, 6.07) is 8.12. The second-order valence-electron chi connectivity index (χ2n) is 5.61. The third kappa shape index (κ3) is 6.76. The van der Waals surface area contributed by atoms with E-state index in [1.54, 1.807) is 0 Å². The van der Waals surface area contributed by atoms with Crippen molar-refractivity contribution in [2.45, 2.75) is 59.4 Å². The minimum Gasteiger partial charge on any atom is -0.326 e. The topological polar surface area (TPSA) is 41.1 Å². The molecule has 1 atom stereocenters. The van der Waals surface area contributed by atoms with Crippen molar-refractivity contribution in [3.8, 4) is 0 Å². The van der Waals surface area contributed by atoms with Gasteiger partial charge in [-0.1, -0.05) is 45.7 Å². The van der Waals surface area contributed by atoms with Crippen LogP contribution in [0, 0.1) is 5.92 Å². The molecule has 1 rings (SSSR count). The Balaban J connectivity index is 2.56. The lowest BCUT2D eigenvalue weighted by Gasteiger charge is -2.15. The number of benzene rings is 1. The lowest BCUT2D eigenvalue weighted by atomic mass is 9.98. The van der Waals surface area contributed by atoms with E-state index in [9.17, 15) is 4.79 Å². The SMILES string of the molecule is CCCCC(CC)C(=O)Nc1cccc(CNCCC)c1. The van der Waals surface area contributed by atoms with Crippen molar-refractivity contribution in [2.24, 2.45) is 5.92 Å². The van der Waals surface area contributed by atoms with E-state index in [1.807, 2.05) is 12.1 Å². The number of amides is 1. The third-order valence-electron chi connectivity index (χ3n) is 3.72. The summed E-state index contributed by atoms with van der Waals surface area (Å²) in [5.41, 5.74) is 2.12. The smallest absolute Gasteiger partial charge is 0.227 e. The first-order valence-electron chi connectivity index (χ1n) is 8.31. The van der Waals surface area contributed by atoms with Crippen LogP contribution in [-0.4, -0.2) is 12.5 Å². The molecule has 1 aromatic rings. The molecule has 21 heavy (non-hydrogen) atoms. The Morgan fingerprint density at radius 2 is 2.00 bits per heavy atom. The molecule has 0 heterocycles. The summed E-state index contributed by atoms with van der Waals surface area (Å²) >= 11 is 0. The summed E-state index contributed by atoms with van der Waals surface area (Å²) in [6.07, 6.45) is 5.28. The minimum atomic E-state index is 0.131. The summed E-state index contributed by atoms with van der Waals surface area (Å²) in [7, 11) is 0. The highest BCUT2D eigenvalue weighted by atomic mass is 16.1. The second kappa shape index (κ2) is 10.4.